The summed E-state index contributed by atoms with van der Waals surface area (Å²) in [4.78, 5) is 10.2. The Morgan fingerprint density at radius 2 is 2.10 bits per heavy atom. The molecule has 3 heterocycles. The summed E-state index contributed by atoms with van der Waals surface area (Å²) < 4.78 is 5.37. The maximum atomic E-state index is 5.37. The van der Waals surface area contributed by atoms with Gasteiger partial charge in [0.2, 0.25) is 11.7 Å². The zero-order chi connectivity index (χ0) is 14.1. The van der Waals surface area contributed by atoms with Crippen LogP contribution in [0.2, 0.25) is 0 Å². The van der Waals surface area contributed by atoms with Crippen LogP contribution in [0.4, 0.5) is 0 Å². The number of aromatic amines is 1. The molecule has 108 valence electrons. The van der Waals surface area contributed by atoms with Crippen molar-refractivity contribution in [3.63, 3.8) is 0 Å². The van der Waals surface area contributed by atoms with E-state index in [0.717, 1.165) is 29.9 Å². The Hall–Kier alpha value is -2.14. The second kappa shape index (κ2) is 5.33. The highest BCUT2D eigenvalue weighted by atomic mass is 16.5. The molecule has 0 unspecified atom stereocenters. The minimum absolute atomic E-state index is 0.669. The van der Waals surface area contributed by atoms with Crippen molar-refractivity contribution in [1.29, 1.82) is 0 Å². The van der Waals surface area contributed by atoms with Gasteiger partial charge < -0.3 is 14.4 Å². The van der Waals surface area contributed by atoms with Crippen LogP contribution in [-0.4, -0.2) is 39.7 Å². The Morgan fingerprint density at radius 1 is 1.19 bits per heavy atom. The van der Waals surface area contributed by atoms with Gasteiger partial charge in [-0.25, -0.2) is 0 Å². The molecule has 1 aliphatic rings. The molecule has 2 aromatic heterocycles. The fraction of sp³-hybridized carbons (Fsp3) is 0.375. The van der Waals surface area contributed by atoms with Crippen molar-refractivity contribution < 1.29 is 4.52 Å². The van der Waals surface area contributed by atoms with Gasteiger partial charge in [0.25, 0.3) is 0 Å². The molecule has 0 atom stereocenters. The quantitative estimate of drug-likeness (QED) is 0.799. The van der Waals surface area contributed by atoms with Crippen LogP contribution in [0.3, 0.4) is 0 Å². The summed E-state index contributed by atoms with van der Waals surface area (Å²) >= 11 is 0. The van der Waals surface area contributed by atoms with Gasteiger partial charge in [-0.05, 0) is 43.5 Å². The molecule has 1 fully saturated rings. The SMILES string of the molecule is c1cc2ccc(-c3noc(CCN4CCCC4)n3)cc2[nH]1. The van der Waals surface area contributed by atoms with Crippen molar-refractivity contribution in [2.75, 3.05) is 19.6 Å². The lowest BCUT2D eigenvalue weighted by atomic mass is 10.1. The van der Waals surface area contributed by atoms with E-state index in [-0.39, 0.29) is 0 Å². The van der Waals surface area contributed by atoms with Gasteiger partial charge >= 0.3 is 0 Å². The first-order valence-corrected chi connectivity index (χ1v) is 7.51. The molecule has 4 rings (SSSR count). The molecule has 3 aromatic rings. The van der Waals surface area contributed by atoms with Crippen LogP contribution in [0.25, 0.3) is 22.3 Å². The molecular formula is C16H18N4O. The fourth-order valence-corrected chi connectivity index (χ4v) is 2.92. The van der Waals surface area contributed by atoms with Crippen LogP contribution in [0.15, 0.2) is 35.0 Å². The van der Waals surface area contributed by atoms with Gasteiger partial charge in [0.15, 0.2) is 0 Å². The predicted molar refractivity (Wildman–Crippen MR) is 81.0 cm³/mol. The van der Waals surface area contributed by atoms with Crippen molar-refractivity contribution in [2.24, 2.45) is 0 Å². The first-order chi connectivity index (χ1) is 10.4. The van der Waals surface area contributed by atoms with Crippen LogP contribution in [0, 0.1) is 0 Å². The Balaban J connectivity index is 1.50. The first kappa shape index (κ1) is 12.6. The standard InChI is InChI=1S/C16H18N4O/c1-2-9-20(8-1)10-6-15-18-16(19-21-15)13-4-3-12-5-7-17-14(12)11-13/h3-5,7,11,17H,1-2,6,8-10H2. The monoisotopic (exact) mass is 282 g/mol. The highest BCUT2D eigenvalue weighted by molar-refractivity contribution is 5.83. The number of hydrogen-bond acceptors (Lipinski definition) is 4. The molecular weight excluding hydrogens is 264 g/mol. The summed E-state index contributed by atoms with van der Waals surface area (Å²) in [6, 6.07) is 8.22. The van der Waals surface area contributed by atoms with Gasteiger partial charge in [-0.2, -0.15) is 4.98 Å². The molecule has 1 N–H and O–H groups in total. The smallest absolute Gasteiger partial charge is 0.228 e. The van der Waals surface area contributed by atoms with E-state index in [9.17, 15) is 0 Å². The molecule has 0 amide bonds. The summed E-state index contributed by atoms with van der Waals surface area (Å²) in [7, 11) is 0. The summed E-state index contributed by atoms with van der Waals surface area (Å²) in [5.41, 5.74) is 2.08. The van der Waals surface area contributed by atoms with E-state index in [1.165, 1.54) is 31.3 Å². The molecule has 1 aliphatic heterocycles. The fourth-order valence-electron chi connectivity index (χ4n) is 2.92. The molecule has 0 aliphatic carbocycles. The number of hydrogen-bond donors (Lipinski definition) is 1. The third-order valence-electron chi connectivity index (χ3n) is 4.12. The van der Waals surface area contributed by atoms with Gasteiger partial charge in [0.05, 0.1) is 0 Å². The molecule has 0 spiro atoms. The van der Waals surface area contributed by atoms with E-state index < -0.39 is 0 Å². The number of rotatable bonds is 4. The van der Waals surface area contributed by atoms with Gasteiger partial charge in [-0.1, -0.05) is 17.3 Å². The molecule has 0 saturated carbocycles. The van der Waals surface area contributed by atoms with E-state index in [1.54, 1.807) is 0 Å². The second-order valence-corrected chi connectivity index (χ2v) is 5.59. The van der Waals surface area contributed by atoms with E-state index in [1.807, 2.05) is 12.3 Å². The minimum Gasteiger partial charge on any atom is -0.361 e. The lowest BCUT2D eigenvalue weighted by molar-refractivity contribution is 0.311. The maximum Gasteiger partial charge on any atom is 0.228 e. The zero-order valence-corrected chi connectivity index (χ0v) is 11.9. The van der Waals surface area contributed by atoms with E-state index in [0.29, 0.717) is 5.82 Å². The number of fused-ring (bicyclic) bond motifs is 1. The minimum atomic E-state index is 0.669. The van der Waals surface area contributed by atoms with Crippen LogP contribution in [-0.2, 0) is 6.42 Å². The molecule has 21 heavy (non-hydrogen) atoms. The summed E-state index contributed by atoms with van der Waals surface area (Å²) in [5.74, 6) is 1.39. The lowest BCUT2D eigenvalue weighted by Crippen LogP contribution is -2.21. The van der Waals surface area contributed by atoms with Gasteiger partial charge in [-0.3, -0.25) is 0 Å². The van der Waals surface area contributed by atoms with Gasteiger partial charge in [0.1, 0.15) is 0 Å². The van der Waals surface area contributed by atoms with Crippen LogP contribution < -0.4 is 0 Å². The maximum absolute atomic E-state index is 5.37. The van der Waals surface area contributed by atoms with E-state index in [2.05, 4.69) is 38.2 Å². The number of nitrogens with one attached hydrogen (secondary N) is 1. The average molecular weight is 282 g/mol. The summed E-state index contributed by atoms with van der Waals surface area (Å²) in [6.07, 6.45) is 5.39. The molecule has 5 nitrogen and oxygen atoms in total. The molecule has 0 bridgehead atoms. The highest BCUT2D eigenvalue weighted by Gasteiger charge is 2.14. The summed E-state index contributed by atoms with van der Waals surface area (Å²) in [6.45, 7) is 3.41. The van der Waals surface area contributed by atoms with Crippen molar-refractivity contribution in [3.8, 4) is 11.4 Å². The molecule has 5 heteroatoms. The number of aromatic nitrogens is 3. The van der Waals surface area contributed by atoms with Gasteiger partial charge in [0, 0.05) is 30.2 Å². The largest absolute Gasteiger partial charge is 0.361 e. The first-order valence-electron chi connectivity index (χ1n) is 7.51. The van der Waals surface area contributed by atoms with E-state index in [4.69, 9.17) is 4.52 Å². The third kappa shape index (κ3) is 2.56. The second-order valence-electron chi connectivity index (χ2n) is 5.59. The normalized spacial score (nSPS) is 16.0. The van der Waals surface area contributed by atoms with Crippen LogP contribution in [0.5, 0.6) is 0 Å². The Bertz CT molecular complexity index is 739. The number of nitrogens with zero attached hydrogens (tertiary/aromatic N) is 3. The van der Waals surface area contributed by atoms with Crippen molar-refractivity contribution >= 4 is 10.9 Å². The summed E-state index contributed by atoms with van der Waals surface area (Å²) in [5, 5.41) is 5.30. The highest BCUT2D eigenvalue weighted by Crippen LogP contribution is 2.21. The van der Waals surface area contributed by atoms with Crippen LogP contribution in [0.1, 0.15) is 18.7 Å². The van der Waals surface area contributed by atoms with Gasteiger partial charge in [-0.15, -0.1) is 0 Å². The Morgan fingerprint density at radius 3 is 3.00 bits per heavy atom. The van der Waals surface area contributed by atoms with Crippen molar-refractivity contribution in [1.82, 2.24) is 20.0 Å². The lowest BCUT2D eigenvalue weighted by Gasteiger charge is -2.11. The Labute approximate surface area is 123 Å². The molecule has 1 saturated heterocycles. The van der Waals surface area contributed by atoms with Crippen molar-refractivity contribution in [3.05, 3.63) is 36.4 Å². The third-order valence-corrected chi connectivity index (χ3v) is 4.12. The topological polar surface area (TPSA) is 58.0 Å². The molecule has 0 radical (unpaired) electrons. The van der Waals surface area contributed by atoms with E-state index >= 15 is 0 Å². The van der Waals surface area contributed by atoms with Crippen molar-refractivity contribution in [2.45, 2.75) is 19.3 Å². The zero-order valence-electron chi connectivity index (χ0n) is 11.9. The Kier molecular flexibility index (Phi) is 3.20. The molecule has 1 aromatic carbocycles. The van der Waals surface area contributed by atoms with Crippen LogP contribution >= 0.6 is 0 Å². The average Bonchev–Trinajstić information content (AvgIpc) is 3.25. The number of likely N-dealkylation sites (tertiary alicyclic amines) is 1. The number of benzene rings is 1. The number of H-pyrrole nitrogens is 1. The predicted octanol–water partition coefficient (Wildman–Crippen LogP) is 2.86.